The largest absolute Gasteiger partial charge is 0.573 e. The lowest BCUT2D eigenvalue weighted by Crippen LogP contribution is -2.59. The number of likely N-dealkylation sites (tertiary alicyclic amines) is 1. The predicted octanol–water partition coefficient (Wildman–Crippen LogP) is 3.95. The molecule has 3 aromatic carbocycles. The highest BCUT2D eigenvalue weighted by Gasteiger charge is 2.62. The van der Waals surface area contributed by atoms with Crippen molar-refractivity contribution in [2.45, 2.75) is 41.8 Å². The number of sulfonamides is 1. The van der Waals surface area contributed by atoms with Crippen molar-refractivity contribution in [3.8, 4) is 17.2 Å². The summed E-state index contributed by atoms with van der Waals surface area (Å²) in [7, 11) is 0.414. The first kappa shape index (κ1) is 34.3. The number of likely N-dealkylation sites (N-methyl/N-ethyl adjacent to an activating group) is 1. The number of carbonyl (C=O) groups is 2. The summed E-state index contributed by atoms with van der Waals surface area (Å²) in [6.07, 6.45) is -6.74. The third kappa shape index (κ3) is 6.08. The van der Waals surface area contributed by atoms with E-state index in [1.165, 1.54) is 56.3 Å². The first-order valence-corrected chi connectivity index (χ1v) is 16.0. The standard InChI is InChI=1S/C31H31ClF3N3O8S/c1-36(2)28(40)24-14-20(39)17-37(24)30(16-18-7-5-6-8-25(18)45-4)22-13-19(32)9-11-23(22)38(29(30)41)47(42,43)27-12-10-21(44-3)15-26(27)46-31(33,34)35/h5-13,15,20,24,39H,14,16-17H2,1-4H3/t20-,24+,30?/m1/s1. The highest BCUT2D eigenvalue weighted by atomic mass is 35.5. The fourth-order valence-corrected chi connectivity index (χ4v) is 7.97. The molecule has 0 radical (unpaired) electrons. The number of rotatable bonds is 9. The summed E-state index contributed by atoms with van der Waals surface area (Å²) in [5.41, 5.74) is -1.73. The Kier molecular flexibility index (Phi) is 9.14. The van der Waals surface area contributed by atoms with Gasteiger partial charge in [0.05, 0.1) is 32.1 Å². The molecule has 252 valence electrons. The number of anilines is 1. The van der Waals surface area contributed by atoms with Gasteiger partial charge >= 0.3 is 6.36 Å². The van der Waals surface area contributed by atoms with Gasteiger partial charge in [-0.25, -0.2) is 12.7 Å². The summed E-state index contributed by atoms with van der Waals surface area (Å²) in [6, 6.07) is 12.2. The predicted molar refractivity (Wildman–Crippen MR) is 164 cm³/mol. The Morgan fingerprint density at radius 2 is 1.77 bits per heavy atom. The summed E-state index contributed by atoms with van der Waals surface area (Å²) in [5, 5.41) is 11.0. The Labute approximate surface area is 274 Å². The summed E-state index contributed by atoms with van der Waals surface area (Å²) in [4.78, 5) is 30.4. The minimum Gasteiger partial charge on any atom is -0.497 e. The molecule has 1 saturated heterocycles. The Hall–Kier alpha value is -4.05. The van der Waals surface area contributed by atoms with Crippen LogP contribution >= 0.6 is 11.6 Å². The topological polar surface area (TPSA) is 126 Å². The Morgan fingerprint density at radius 3 is 2.40 bits per heavy atom. The van der Waals surface area contributed by atoms with Gasteiger partial charge in [-0.15, -0.1) is 13.2 Å². The van der Waals surface area contributed by atoms with Crippen LogP contribution in [-0.4, -0.2) is 88.5 Å². The van der Waals surface area contributed by atoms with Gasteiger partial charge in [0.25, 0.3) is 15.9 Å². The number of ether oxygens (including phenoxy) is 3. The van der Waals surface area contributed by atoms with Gasteiger partial charge in [0.1, 0.15) is 21.9 Å². The first-order chi connectivity index (χ1) is 22.0. The maximum atomic E-state index is 15.1. The SMILES string of the molecule is COc1ccc(S(=O)(=O)N2C(=O)C(Cc3ccccc3OC)(N3C[C@H](O)C[C@H]3C(=O)N(C)C)c3cc(Cl)ccc32)c(OC(F)(F)F)c1. The van der Waals surface area contributed by atoms with E-state index in [0.717, 1.165) is 18.2 Å². The molecular weight excluding hydrogens is 667 g/mol. The number of para-hydroxylation sites is 1. The lowest BCUT2D eigenvalue weighted by atomic mass is 9.82. The molecule has 5 rings (SSSR count). The number of alkyl halides is 3. The highest BCUT2D eigenvalue weighted by molar-refractivity contribution is 7.93. The molecular formula is C31H31ClF3N3O8S. The van der Waals surface area contributed by atoms with Crippen LogP contribution in [0.25, 0.3) is 0 Å². The zero-order valence-electron chi connectivity index (χ0n) is 25.6. The van der Waals surface area contributed by atoms with E-state index in [1.54, 1.807) is 24.3 Å². The van der Waals surface area contributed by atoms with E-state index in [0.29, 0.717) is 15.6 Å². The first-order valence-electron chi connectivity index (χ1n) is 14.2. The van der Waals surface area contributed by atoms with E-state index in [1.807, 2.05) is 0 Å². The molecule has 16 heteroatoms. The normalized spacial score (nSPS) is 21.5. The quantitative estimate of drug-likeness (QED) is 0.354. The number of benzene rings is 3. The maximum absolute atomic E-state index is 15.1. The molecule has 3 aromatic rings. The molecule has 0 bridgehead atoms. The Balaban J connectivity index is 1.80. The zero-order valence-corrected chi connectivity index (χ0v) is 27.2. The second-order valence-electron chi connectivity index (χ2n) is 11.2. The molecule has 1 N–H and O–H groups in total. The maximum Gasteiger partial charge on any atom is 0.573 e. The number of β-amino-alcohol motifs (C(OH)–C–C–N with tert-alkyl or cyclic N) is 1. The summed E-state index contributed by atoms with van der Waals surface area (Å²) < 4.78 is 84.5. The molecule has 1 unspecified atom stereocenters. The van der Waals surface area contributed by atoms with Crippen LogP contribution in [0.2, 0.25) is 5.02 Å². The van der Waals surface area contributed by atoms with Crippen LogP contribution in [0.1, 0.15) is 17.5 Å². The number of methoxy groups -OCH3 is 2. The molecule has 1 fully saturated rings. The number of aliphatic hydroxyl groups is 1. The van der Waals surface area contributed by atoms with Crippen molar-refractivity contribution in [3.63, 3.8) is 0 Å². The summed E-state index contributed by atoms with van der Waals surface area (Å²) in [6.45, 7) is -0.226. The average Bonchev–Trinajstić information content (AvgIpc) is 3.51. The van der Waals surface area contributed by atoms with E-state index in [2.05, 4.69) is 4.74 Å². The lowest BCUT2D eigenvalue weighted by Gasteiger charge is -2.41. The lowest BCUT2D eigenvalue weighted by molar-refractivity contribution is -0.275. The number of hydrogen-bond donors (Lipinski definition) is 1. The highest BCUT2D eigenvalue weighted by Crippen LogP contribution is 2.52. The monoisotopic (exact) mass is 697 g/mol. The number of nitrogens with zero attached hydrogens (tertiary/aromatic N) is 3. The van der Waals surface area contributed by atoms with Gasteiger partial charge in [0.2, 0.25) is 5.91 Å². The van der Waals surface area contributed by atoms with E-state index in [4.69, 9.17) is 21.1 Å². The molecule has 2 aliphatic rings. The second-order valence-corrected chi connectivity index (χ2v) is 13.4. The second kappa shape index (κ2) is 12.5. The fourth-order valence-electron chi connectivity index (χ4n) is 6.22. The smallest absolute Gasteiger partial charge is 0.497 e. The van der Waals surface area contributed by atoms with Crippen LogP contribution in [0.4, 0.5) is 18.9 Å². The van der Waals surface area contributed by atoms with Crippen LogP contribution in [-0.2, 0) is 31.6 Å². The van der Waals surface area contributed by atoms with Crippen LogP contribution < -0.4 is 18.5 Å². The van der Waals surface area contributed by atoms with Gasteiger partial charge in [-0.05, 0) is 48.4 Å². The van der Waals surface area contributed by atoms with Crippen molar-refractivity contribution in [1.29, 1.82) is 0 Å². The summed E-state index contributed by atoms with van der Waals surface area (Å²) in [5.74, 6) is -2.49. The van der Waals surface area contributed by atoms with E-state index in [-0.39, 0.29) is 41.4 Å². The van der Waals surface area contributed by atoms with Gasteiger partial charge in [0, 0.05) is 43.7 Å². The molecule has 2 amide bonds. The molecule has 2 aliphatic heterocycles. The van der Waals surface area contributed by atoms with Gasteiger partial charge in [-0.1, -0.05) is 29.8 Å². The number of hydrogen-bond acceptors (Lipinski definition) is 9. The van der Waals surface area contributed by atoms with E-state index < -0.39 is 56.5 Å². The van der Waals surface area contributed by atoms with E-state index in [9.17, 15) is 31.5 Å². The van der Waals surface area contributed by atoms with Gasteiger partial charge in [-0.3, -0.25) is 14.5 Å². The van der Waals surface area contributed by atoms with Crippen molar-refractivity contribution in [1.82, 2.24) is 9.80 Å². The molecule has 0 saturated carbocycles. The molecule has 0 aromatic heterocycles. The average molecular weight is 698 g/mol. The van der Waals surface area contributed by atoms with Gasteiger partial charge in [-0.2, -0.15) is 0 Å². The van der Waals surface area contributed by atoms with Crippen molar-refractivity contribution in [2.24, 2.45) is 0 Å². The minimum atomic E-state index is -5.30. The van der Waals surface area contributed by atoms with Crippen molar-refractivity contribution < 1.29 is 50.5 Å². The molecule has 0 aliphatic carbocycles. The van der Waals surface area contributed by atoms with Gasteiger partial charge in [0.15, 0.2) is 5.75 Å². The molecule has 47 heavy (non-hydrogen) atoms. The van der Waals surface area contributed by atoms with Crippen molar-refractivity contribution >= 4 is 39.1 Å². The van der Waals surface area contributed by atoms with Crippen molar-refractivity contribution in [3.05, 3.63) is 76.8 Å². The number of fused-ring (bicyclic) bond motifs is 1. The Bertz CT molecular complexity index is 1820. The van der Waals surface area contributed by atoms with Gasteiger partial charge < -0.3 is 24.2 Å². The van der Waals surface area contributed by atoms with Crippen LogP contribution in [0.5, 0.6) is 17.2 Å². The number of aliphatic hydroxyl groups excluding tert-OH is 1. The van der Waals surface area contributed by atoms with Crippen LogP contribution in [0.15, 0.2) is 65.6 Å². The fraction of sp³-hybridized carbons (Fsp3) is 0.355. The van der Waals surface area contributed by atoms with Crippen LogP contribution in [0.3, 0.4) is 0 Å². The number of halogens is 4. The summed E-state index contributed by atoms with van der Waals surface area (Å²) >= 11 is 6.45. The van der Waals surface area contributed by atoms with E-state index >= 15 is 4.79 Å². The third-order valence-corrected chi connectivity index (χ3v) is 10.2. The van der Waals surface area contributed by atoms with Crippen molar-refractivity contribution in [2.75, 3.05) is 39.2 Å². The molecule has 0 spiro atoms. The number of amides is 2. The molecule has 11 nitrogen and oxygen atoms in total. The third-order valence-electron chi connectivity index (χ3n) is 8.19. The molecule has 2 heterocycles. The number of carbonyl (C=O) groups excluding carboxylic acids is 2. The minimum absolute atomic E-state index is 0.0574. The van der Waals surface area contributed by atoms with Crippen LogP contribution in [0, 0.1) is 0 Å². The Morgan fingerprint density at radius 1 is 1.06 bits per heavy atom. The molecule has 3 atom stereocenters. The zero-order chi connectivity index (χ0) is 34.5.